The Hall–Kier alpha value is -3.50. The summed E-state index contributed by atoms with van der Waals surface area (Å²) in [5.41, 5.74) is 5.52. The molecule has 0 N–H and O–H groups in total. The Labute approximate surface area is 188 Å². The molecule has 0 unspecified atom stereocenters. The maximum atomic E-state index is 13.8. The number of benzene rings is 3. The van der Waals surface area contributed by atoms with Crippen molar-refractivity contribution in [2.45, 2.75) is 25.6 Å². The molecule has 4 aromatic rings. The van der Waals surface area contributed by atoms with E-state index < -0.39 is 5.95 Å². The molecule has 160 valence electrons. The standard InChI is InChI=1S/C28H25FN2O/c29-28-16-23(14-15-30-28)25-12-7-13-27-26(25)17-24(20-32-27)31(18-21-8-3-1-4-9-21)19-22-10-5-2-6-11-22/h1-16,24H,17-20H2/t24-/m0/s1. The van der Waals surface area contributed by atoms with Crippen LogP contribution >= 0.6 is 0 Å². The van der Waals surface area contributed by atoms with Gasteiger partial charge in [0, 0.05) is 37.0 Å². The van der Waals surface area contributed by atoms with Gasteiger partial charge in [0.2, 0.25) is 5.95 Å². The van der Waals surface area contributed by atoms with Crippen LogP contribution in [0.25, 0.3) is 11.1 Å². The number of fused-ring (bicyclic) bond motifs is 1. The molecule has 0 fully saturated rings. The van der Waals surface area contributed by atoms with Crippen molar-refractivity contribution in [2.24, 2.45) is 0 Å². The van der Waals surface area contributed by atoms with Gasteiger partial charge in [0.05, 0.1) is 0 Å². The number of pyridine rings is 1. The zero-order chi connectivity index (χ0) is 21.8. The topological polar surface area (TPSA) is 25.4 Å². The number of hydrogen-bond acceptors (Lipinski definition) is 3. The summed E-state index contributed by atoms with van der Waals surface area (Å²) in [7, 11) is 0. The first-order chi connectivity index (χ1) is 15.8. The second-order valence-electron chi connectivity index (χ2n) is 8.19. The van der Waals surface area contributed by atoms with Gasteiger partial charge in [-0.2, -0.15) is 4.39 Å². The first-order valence-electron chi connectivity index (χ1n) is 10.9. The molecule has 3 nitrogen and oxygen atoms in total. The van der Waals surface area contributed by atoms with Gasteiger partial charge in [-0.3, -0.25) is 4.90 Å². The van der Waals surface area contributed by atoms with E-state index >= 15 is 0 Å². The summed E-state index contributed by atoms with van der Waals surface area (Å²) in [5.74, 6) is 0.415. The lowest BCUT2D eigenvalue weighted by molar-refractivity contribution is 0.106. The van der Waals surface area contributed by atoms with Crippen molar-refractivity contribution in [1.29, 1.82) is 0 Å². The zero-order valence-corrected chi connectivity index (χ0v) is 17.8. The highest BCUT2D eigenvalue weighted by Gasteiger charge is 2.28. The lowest BCUT2D eigenvalue weighted by Crippen LogP contribution is -2.42. The Balaban J connectivity index is 1.47. The van der Waals surface area contributed by atoms with Gasteiger partial charge in [-0.05, 0) is 40.8 Å². The molecule has 0 saturated heterocycles. The van der Waals surface area contributed by atoms with Gasteiger partial charge in [0.15, 0.2) is 0 Å². The molecule has 1 aliphatic rings. The van der Waals surface area contributed by atoms with Gasteiger partial charge in [0.25, 0.3) is 0 Å². The first-order valence-corrected chi connectivity index (χ1v) is 10.9. The van der Waals surface area contributed by atoms with Crippen LogP contribution in [0.3, 0.4) is 0 Å². The molecule has 1 atom stereocenters. The van der Waals surface area contributed by atoms with E-state index in [4.69, 9.17) is 4.74 Å². The molecular weight excluding hydrogens is 399 g/mol. The Morgan fingerprint density at radius 2 is 1.53 bits per heavy atom. The SMILES string of the molecule is Fc1cc(-c2cccc3c2C[C@H](N(Cc2ccccc2)Cc2ccccc2)CO3)ccn1. The van der Waals surface area contributed by atoms with E-state index in [0.29, 0.717) is 6.61 Å². The summed E-state index contributed by atoms with van der Waals surface area (Å²) in [6.45, 7) is 2.30. The summed E-state index contributed by atoms with van der Waals surface area (Å²) >= 11 is 0. The van der Waals surface area contributed by atoms with E-state index in [1.54, 1.807) is 0 Å². The molecule has 5 rings (SSSR count). The molecule has 0 spiro atoms. The normalized spacial score (nSPS) is 15.2. The first kappa shape index (κ1) is 20.4. The fourth-order valence-electron chi connectivity index (χ4n) is 4.42. The van der Waals surface area contributed by atoms with Gasteiger partial charge in [-0.1, -0.05) is 72.8 Å². The van der Waals surface area contributed by atoms with Crippen molar-refractivity contribution in [3.05, 3.63) is 120 Å². The minimum absolute atomic E-state index is 0.204. The zero-order valence-electron chi connectivity index (χ0n) is 17.8. The maximum absolute atomic E-state index is 13.8. The molecule has 0 radical (unpaired) electrons. The minimum atomic E-state index is -0.469. The molecular formula is C28H25FN2O. The number of nitrogens with zero attached hydrogens (tertiary/aromatic N) is 2. The summed E-state index contributed by atoms with van der Waals surface area (Å²) in [6.07, 6.45) is 2.36. The Morgan fingerprint density at radius 3 is 2.19 bits per heavy atom. The van der Waals surface area contributed by atoms with Crippen molar-refractivity contribution in [2.75, 3.05) is 6.61 Å². The predicted octanol–water partition coefficient (Wildman–Crippen LogP) is 5.89. The van der Waals surface area contributed by atoms with Crippen LogP contribution in [0.2, 0.25) is 0 Å². The molecule has 3 aromatic carbocycles. The van der Waals surface area contributed by atoms with Crippen molar-refractivity contribution < 1.29 is 9.13 Å². The molecule has 1 aliphatic heterocycles. The number of halogens is 1. The average Bonchev–Trinajstić information content (AvgIpc) is 2.84. The van der Waals surface area contributed by atoms with Crippen LogP contribution in [-0.4, -0.2) is 22.5 Å². The molecule has 0 aliphatic carbocycles. The highest BCUT2D eigenvalue weighted by molar-refractivity contribution is 5.70. The Morgan fingerprint density at radius 1 is 0.844 bits per heavy atom. The minimum Gasteiger partial charge on any atom is -0.492 e. The number of aromatic nitrogens is 1. The van der Waals surface area contributed by atoms with Gasteiger partial charge in [-0.25, -0.2) is 4.98 Å². The van der Waals surface area contributed by atoms with E-state index in [1.807, 2.05) is 36.4 Å². The number of rotatable bonds is 6. The molecule has 2 heterocycles. The van der Waals surface area contributed by atoms with Crippen molar-refractivity contribution >= 4 is 0 Å². The van der Waals surface area contributed by atoms with E-state index in [-0.39, 0.29) is 6.04 Å². The van der Waals surface area contributed by atoms with Crippen LogP contribution in [0, 0.1) is 5.95 Å². The molecule has 0 amide bonds. The second-order valence-corrected chi connectivity index (χ2v) is 8.19. The van der Waals surface area contributed by atoms with Gasteiger partial charge in [-0.15, -0.1) is 0 Å². The van der Waals surface area contributed by atoms with Gasteiger partial charge < -0.3 is 4.74 Å². The van der Waals surface area contributed by atoms with Crippen molar-refractivity contribution in [3.8, 4) is 16.9 Å². The van der Waals surface area contributed by atoms with Crippen molar-refractivity contribution in [3.63, 3.8) is 0 Å². The highest BCUT2D eigenvalue weighted by Crippen LogP contribution is 2.36. The third kappa shape index (κ3) is 4.56. The third-order valence-corrected chi connectivity index (χ3v) is 6.01. The fraction of sp³-hybridized carbons (Fsp3) is 0.179. The largest absolute Gasteiger partial charge is 0.492 e. The lowest BCUT2D eigenvalue weighted by atomic mass is 9.92. The fourth-order valence-corrected chi connectivity index (χ4v) is 4.42. The highest BCUT2D eigenvalue weighted by atomic mass is 19.1. The average molecular weight is 425 g/mol. The quantitative estimate of drug-likeness (QED) is 0.361. The molecule has 1 aromatic heterocycles. The molecule has 0 bridgehead atoms. The van der Waals surface area contributed by atoms with Gasteiger partial charge in [0.1, 0.15) is 12.4 Å². The number of hydrogen-bond donors (Lipinski definition) is 0. The van der Waals surface area contributed by atoms with E-state index in [0.717, 1.165) is 42.0 Å². The predicted molar refractivity (Wildman–Crippen MR) is 125 cm³/mol. The molecule has 4 heteroatoms. The van der Waals surface area contributed by atoms with E-state index in [9.17, 15) is 4.39 Å². The maximum Gasteiger partial charge on any atom is 0.213 e. The van der Waals surface area contributed by atoms with E-state index in [2.05, 4.69) is 58.4 Å². The summed E-state index contributed by atoms with van der Waals surface area (Å²) < 4.78 is 20.1. The van der Waals surface area contributed by atoms with Gasteiger partial charge >= 0.3 is 0 Å². The smallest absolute Gasteiger partial charge is 0.213 e. The number of ether oxygens (including phenoxy) is 1. The van der Waals surface area contributed by atoms with Crippen LogP contribution in [0.5, 0.6) is 5.75 Å². The summed E-state index contributed by atoms with van der Waals surface area (Å²) in [5, 5.41) is 0. The van der Waals surface area contributed by atoms with Crippen LogP contribution in [0.15, 0.2) is 97.2 Å². The summed E-state index contributed by atoms with van der Waals surface area (Å²) in [6, 6.07) is 30.7. The third-order valence-electron chi connectivity index (χ3n) is 6.01. The van der Waals surface area contributed by atoms with E-state index in [1.165, 1.54) is 23.4 Å². The Bertz CT molecular complexity index is 1140. The summed E-state index contributed by atoms with van der Waals surface area (Å²) in [4.78, 5) is 6.19. The van der Waals surface area contributed by atoms with Crippen LogP contribution in [-0.2, 0) is 19.5 Å². The second kappa shape index (κ2) is 9.33. The monoisotopic (exact) mass is 424 g/mol. The van der Waals surface area contributed by atoms with Crippen LogP contribution in [0.4, 0.5) is 4.39 Å². The Kier molecular flexibility index (Phi) is 5.95. The van der Waals surface area contributed by atoms with Crippen molar-refractivity contribution in [1.82, 2.24) is 9.88 Å². The molecule has 32 heavy (non-hydrogen) atoms. The molecule has 0 saturated carbocycles. The van der Waals surface area contributed by atoms with Crippen LogP contribution in [0.1, 0.15) is 16.7 Å². The van der Waals surface area contributed by atoms with Crippen LogP contribution < -0.4 is 4.74 Å². The lowest BCUT2D eigenvalue weighted by Gasteiger charge is -2.36.